The highest BCUT2D eigenvalue weighted by Crippen LogP contribution is 2.40. The highest BCUT2D eigenvalue weighted by molar-refractivity contribution is 6.04. The van der Waals surface area contributed by atoms with Gasteiger partial charge in [-0.3, -0.25) is 9.59 Å². The molecule has 2 rings (SSSR count). The SMILES string of the molecule is CCOC(=O)C1(CC2CCCCO2)CCCCC1=O. The Balaban J connectivity index is 2.12. The average Bonchev–Trinajstić information content (AvgIpc) is 2.43. The Morgan fingerprint density at radius 2 is 2.21 bits per heavy atom. The number of hydrogen-bond donors (Lipinski definition) is 0. The molecular formula is C15H24O4. The lowest BCUT2D eigenvalue weighted by Gasteiger charge is -2.37. The zero-order valence-corrected chi connectivity index (χ0v) is 11.8. The summed E-state index contributed by atoms with van der Waals surface area (Å²) in [5.74, 6) is -0.264. The molecule has 0 N–H and O–H groups in total. The summed E-state index contributed by atoms with van der Waals surface area (Å²) in [4.78, 5) is 24.7. The van der Waals surface area contributed by atoms with Gasteiger partial charge in [-0.25, -0.2) is 0 Å². The molecule has 0 aromatic rings. The molecule has 2 atom stereocenters. The van der Waals surface area contributed by atoms with Gasteiger partial charge in [0.25, 0.3) is 0 Å². The van der Waals surface area contributed by atoms with Crippen molar-refractivity contribution >= 4 is 11.8 Å². The second-order valence-electron chi connectivity index (χ2n) is 5.63. The second-order valence-corrected chi connectivity index (χ2v) is 5.63. The molecule has 0 spiro atoms. The fraction of sp³-hybridized carbons (Fsp3) is 0.867. The number of Topliss-reactive ketones (excluding diaryl/α,β-unsaturated/α-hetero) is 1. The van der Waals surface area contributed by atoms with Gasteiger partial charge in [-0.1, -0.05) is 6.42 Å². The summed E-state index contributed by atoms with van der Waals surface area (Å²) in [6, 6.07) is 0. The number of ketones is 1. The monoisotopic (exact) mass is 268 g/mol. The van der Waals surface area contributed by atoms with Crippen molar-refractivity contribution in [1.29, 1.82) is 0 Å². The number of rotatable bonds is 4. The molecule has 1 aliphatic carbocycles. The largest absolute Gasteiger partial charge is 0.465 e. The van der Waals surface area contributed by atoms with Crippen LogP contribution in [-0.4, -0.2) is 31.1 Å². The van der Waals surface area contributed by atoms with Crippen LogP contribution in [0.15, 0.2) is 0 Å². The molecule has 4 heteroatoms. The summed E-state index contributed by atoms with van der Waals surface area (Å²) in [6.45, 7) is 2.87. The zero-order chi connectivity index (χ0) is 13.7. The van der Waals surface area contributed by atoms with Gasteiger partial charge in [0.2, 0.25) is 0 Å². The molecule has 19 heavy (non-hydrogen) atoms. The zero-order valence-electron chi connectivity index (χ0n) is 11.8. The van der Waals surface area contributed by atoms with Crippen LogP contribution in [0.5, 0.6) is 0 Å². The third kappa shape index (κ3) is 3.16. The van der Waals surface area contributed by atoms with Crippen molar-refractivity contribution in [1.82, 2.24) is 0 Å². The molecule has 1 heterocycles. The molecule has 0 amide bonds. The van der Waals surface area contributed by atoms with E-state index in [1.54, 1.807) is 6.92 Å². The highest BCUT2D eigenvalue weighted by atomic mass is 16.5. The summed E-state index contributed by atoms with van der Waals surface area (Å²) in [5.41, 5.74) is -0.920. The first-order valence-corrected chi connectivity index (χ1v) is 7.51. The predicted molar refractivity (Wildman–Crippen MR) is 70.7 cm³/mol. The standard InChI is InChI=1S/C15H24O4/c1-2-18-14(17)15(9-5-3-8-13(15)16)11-12-7-4-6-10-19-12/h12H,2-11H2,1H3. The quantitative estimate of drug-likeness (QED) is 0.581. The second kappa shape index (κ2) is 6.51. The minimum absolute atomic E-state index is 0.0419. The Kier molecular flexibility index (Phi) is 4.97. The molecule has 1 aliphatic heterocycles. The topological polar surface area (TPSA) is 52.6 Å². The maximum absolute atomic E-state index is 12.3. The fourth-order valence-corrected chi connectivity index (χ4v) is 3.23. The summed E-state index contributed by atoms with van der Waals surface area (Å²) in [7, 11) is 0. The highest BCUT2D eigenvalue weighted by Gasteiger charge is 2.49. The van der Waals surface area contributed by atoms with Gasteiger partial charge < -0.3 is 9.47 Å². The van der Waals surface area contributed by atoms with Gasteiger partial charge in [0.05, 0.1) is 12.7 Å². The number of esters is 1. The van der Waals surface area contributed by atoms with E-state index in [9.17, 15) is 9.59 Å². The Labute approximate surface area is 114 Å². The van der Waals surface area contributed by atoms with Crippen LogP contribution in [0.25, 0.3) is 0 Å². The van der Waals surface area contributed by atoms with Crippen molar-refractivity contribution in [3.63, 3.8) is 0 Å². The van der Waals surface area contributed by atoms with Crippen molar-refractivity contribution in [2.24, 2.45) is 5.41 Å². The predicted octanol–water partition coefficient (Wildman–Crippen LogP) is 2.64. The van der Waals surface area contributed by atoms with Crippen molar-refractivity contribution < 1.29 is 19.1 Å². The lowest BCUT2D eigenvalue weighted by atomic mass is 9.69. The van der Waals surface area contributed by atoms with Crippen molar-refractivity contribution in [2.75, 3.05) is 13.2 Å². The number of carbonyl (C=O) groups excluding carboxylic acids is 2. The first-order chi connectivity index (χ1) is 9.19. The maximum Gasteiger partial charge on any atom is 0.319 e. The van der Waals surface area contributed by atoms with E-state index in [0.29, 0.717) is 25.9 Å². The van der Waals surface area contributed by atoms with E-state index in [4.69, 9.17) is 9.47 Å². The molecule has 0 aromatic carbocycles. The molecule has 2 unspecified atom stereocenters. The smallest absolute Gasteiger partial charge is 0.319 e. The number of hydrogen-bond acceptors (Lipinski definition) is 4. The van der Waals surface area contributed by atoms with Crippen LogP contribution in [0.3, 0.4) is 0 Å². The van der Waals surface area contributed by atoms with Crippen LogP contribution in [0.4, 0.5) is 0 Å². The van der Waals surface area contributed by atoms with E-state index in [1.807, 2.05) is 0 Å². The van der Waals surface area contributed by atoms with Gasteiger partial charge >= 0.3 is 5.97 Å². The molecule has 0 aromatic heterocycles. The fourth-order valence-electron chi connectivity index (χ4n) is 3.23. The Morgan fingerprint density at radius 1 is 1.37 bits per heavy atom. The van der Waals surface area contributed by atoms with Crippen LogP contribution in [-0.2, 0) is 19.1 Å². The Hall–Kier alpha value is -0.900. The van der Waals surface area contributed by atoms with Crippen LogP contribution >= 0.6 is 0 Å². The van der Waals surface area contributed by atoms with E-state index in [1.165, 1.54) is 0 Å². The third-order valence-corrected chi connectivity index (χ3v) is 4.31. The number of ether oxygens (including phenoxy) is 2. The molecule has 108 valence electrons. The van der Waals surface area contributed by atoms with Gasteiger partial charge in [-0.2, -0.15) is 0 Å². The van der Waals surface area contributed by atoms with Crippen molar-refractivity contribution in [3.8, 4) is 0 Å². The van der Waals surface area contributed by atoms with Gasteiger partial charge in [-0.05, 0) is 45.4 Å². The van der Waals surface area contributed by atoms with Gasteiger partial charge in [0, 0.05) is 13.0 Å². The lowest BCUT2D eigenvalue weighted by Crippen LogP contribution is -2.46. The van der Waals surface area contributed by atoms with Gasteiger partial charge in [-0.15, -0.1) is 0 Å². The van der Waals surface area contributed by atoms with Crippen molar-refractivity contribution in [2.45, 2.75) is 64.4 Å². The lowest BCUT2D eigenvalue weighted by molar-refractivity contribution is -0.166. The van der Waals surface area contributed by atoms with Crippen LogP contribution in [0.1, 0.15) is 58.3 Å². The molecular weight excluding hydrogens is 244 g/mol. The summed E-state index contributed by atoms with van der Waals surface area (Å²) in [5, 5.41) is 0. The van der Waals surface area contributed by atoms with E-state index in [2.05, 4.69) is 0 Å². The Morgan fingerprint density at radius 3 is 2.84 bits per heavy atom. The summed E-state index contributed by atoms with van der Waals surface area (Å²) in [6.07, 6.45) is 6.67. The molecule has 0 radical (unpaired) electrons. The minimum atomic E-state index is -0.920. The number of carbonyl (C=O) groups is 2. The first-order valence-electron chi connectivity index (χ1n) is 7.51. The first kappa shape index (κ1) is 14.5. The van der Waals surface area contributed by atoms with E-state index in [-0.39, 0.29) is 17.9 Å². The van der Waals surface area contributed by atoms with Crippen molar-refractivity contribution in [3.05, 3.63) is 0 Å². The van der Waals surface area contributed by atoms with E-state index in [0.717, 1.165) is 38.7 Å². The van der Waals surface area contributed by atoms with Crippen LogP contribution in [0, 0.1) is 5.41 Å². The maximum atomic E-state index is 12.3. The summed E-state index contributed by atoms with van der Waals surface area (Å²) >= 11 is 0. The van der Waals surface area contributed by atoms with E-state index >= 15 is 0 Å². The average molecular weight is 268 g/mol. The molecule has 4 nitrogen and oxygen atoms in total. The minimum Gasteiger partial charge on any atom is -0.465 e. The van der Waals surface area contributed by atoms with Crippen LogP contribution < -0.4 is 0 Å². The normalized spacial score (nSPS) is 32.1. The van der Waals surface area contributed by atoms with Gasteiger partial charge in [0.15, 0.2) is 0 Å². The van der Waals surface area contributed by atoms with E-state index < -0.39 is 5.41 Å². The molecule has 2 fully saturated rings. The molecule has 1 saturated carbocycles. The molecule has 0 bridgehead atoms. The molecule has 2 aliphatic rings. The van der Waals surface area contributed by atoms with Crippen LogP contribution in [0.2, 0.25) is 0 Å². The summed E-state index contributed by atoms with van der Waals surface area (Å²) < 4.78 is 10.9. The Bertz CT molecular complexity index is 333. The third-order valence-electron chi connectivity index (χ3n) is 4.31. The molecule has 1 saturated heterocycles. The van der Waals surface area contributed by atoms with Gasteiger partial charge in [0.1, 0.15) is 11.2 Å².